The maximum Gasteiger partial charge on any atom is 0.0794 e. The summed E-state index contributed by atoms with van der Waals surface area (Å²) in [6.07, 6.45) is 0. The highest BCUT2D eigenvalue weighted by atomic mass is 32.1. The van der Waals surface area contributed by atoms with Crippen molar-refractivity contribution in [3.8, 4) is 0 Å². The molecule has 0 saturated carbocycles. The van der Waals surface area contributed by atoms with Crippen molar-refractivity contribution in [1.29, 1.82) is 0 Å². The van der Waals surface area contributed by atoms with Gasteiger partial charge in [0, 0.05) is 17.6 Å². The first-order valence-corrected chi connectivity index (χ1v) is 7.67. The number of hydrogen-bond donors (Lipinski definition) is 2. The van der Waals surface area contributed by atoms with Gasteiger partial charge in [-0.15, -0.1) is 11.3 Å². The number of thiazole rings is 1. The number of benzene rings is 2. The van der Waals surface area contributed by atoms with E-state index in [1.807, 2.05) is 60.3 Å². The van der Waals surface area contributed by atoms with Gasteiger partial charge >= 0.3 is 0 Å². The molecule has 0 saturated heterocycles. The smallest absolute Gasteiger partial charge is 0.0794 e. The number of anilines is 2. The van der Waals surface area contributed by atoms with Crippen LogP contribution in [0.2, 0.25) is 0 Å². The second-order valence-electron chi connectivity index (χ2n) is 4.56. The van der Waals surface area contributed by atoms with Crippen LogP contribution < -0.4 is 11.1 Å². The van der Waals surface area contributed by atoms with Crippen molar-refractivity contribution in [3.63, 3.8) is 0 Å². The topological polar surface area (TPSA) is 50.9 Å². The Kier molecular flexibility index (Phi) is 5.79. The molecule has 1 aromatic heterocycles. The van der Waals surface area contributed by atoms with Gasteiger partial charge in [0.15, 0.2) is 0 Å². The molecule has 0 amide bonds. The van der Waals surface area contributed by atoms with Crippen molar-refractivity contribution in [1.82, 2.24) is 4.98 Å². The number of aromatic nitrogens is 1. The molecule has 2 aromatic carbocycles. The normalized spacial score (nSPS) is 9.57. The lowest BCUT2D eigenvalue weighted by atomic mass is 10.2. The van der Waals surface area contributed by atoms with Gasteiger partial charge in [0.25, 0.3) is 0 Å². The van der Waals surface area contributed by atoms with Crippen molar-refractivity contribution >= 4 is 22.7 Å². The van der Waals surface area contributed by atoms with Crippen molar-refractivity contribution in [3.05, 3.63) is 76.7 Å². The van der Waals surface area contributed by atoms with Gasteiger partial charge in [0.05, 0.1) is 16.9 Å². The molecule has 4 heteroatoms. The Morgan fingerprint density at radius 2 is 1.76 bits per heavy atom. The molecule has 0 unspecified atom stereocenters. The van der Waals surface area contributed by atoms with Crippen molar-refractivity contribution in [2.75, 3.05) is 11.1 Å². The molecule has 1 heterocycles. The van der Waals surface area contributed by atoms with Crippen LogP contribution in [-0.2, 0) is 6.54 Å². The van der Waals surface area contributed by atoms with Crippen LogP contribution in [0.15, 0.2) is 65.5 Å². The zero-order valence-electron chi connectivity index (χ0n) is 12.0. The number of nitrogens with one attached hydrogen (secondary N) is 1. The fourth-order valence-electron chi connectivity index (χ4n) is 1.72. The lowest BCUT2D eigenvalue weighted by Crippen LogP contribution is -2.01. The molecule has 21 heavy (non-hydrogen) atoms. The van der Waals surface area contributed by atoms with Crippen LogP contribution in [0.1, 0.15) is 11.3 Å². The zero-order valence-corrected chi connectivity index (χ0v) is 12.8. The Labute approximate surface area is 129 Å². The lowest BCUT2D eigenvalue weighted by molar-refractivity contribution is 1.15. The van der Waals surface area contributed by atoms with Gasteiger partial charge < -0.3 is 11.1 Å². The summed E-state index contributed by atoms with van der Waals surface area (Å²) >= 11 is 1.63. The molecule has 0 fully saturated rings. The molecule has 0 bridgehead atoms. The summed E-state index contributed by atoms with van der Waals surface area (Å²) in [6.45, 7) is 2.78. The first-order chi connectivity index (χ1) is 10.3. The quantitative estimate of drug-likeness (QED) is 0.707. The van der Waals surface area contributed by atoms with Gasteiger partial charge in [-0.1, -0.05) is 42.5 Å². The molecule has 3 aromatic rings. The van der Waals surface area contributed by atoms with Gasteiger partial charge in [-0.2, -0.15) is 0 Å². The molecule has 108 valence electrons. The monoisotopic (exact) mass is 297 g/mol. The summed E-state index contributed by atoms with van der Waals surface area (Å²) in [7, 11) is 0. The summed E-state index contributed by atoms with van der Waals surface area (Å²) in [5.74, 6) is 0. The van der Waals surface area contributed by atoms with E-state index in [1.54, 1.807) is 11.3 Å². The zero-order chi connectivity index (χ0) is 14.9. The van der Waals surface area contributed by atoms with E-state index in [1.165, 1.54) is 5.56 Å². The number of para-hydroxylation sites is 2. The van der Waals surface area contributed by atoms with E-state index in [2.05, 4.69) is 22.4 Å². The first kappa shape index (κ1) is 15.1. The highest BCUT2D eigenvalue weighted by molar-refractivity contribution is 7.07. The highest BCUT2D eigenvalue weighted by Gasteiger charge is 1.96. The number of nitrogens with zero attached hydrogens (tertiary/aromatic N) is 1. The number of rotatable bonds is 3. The minimum Gasteiger partial charge on any atom is -0.397 e. The molecule has 3 rings (SSSR count). The van der Waals surface area contributed by atoms with Crippen LogP contribution in [0.4, 0.5) is 11.4 Å². The summed E-state index contributed by atoms with van der Waals surface area (Å²) < 4.78 is 0. The van der Waals surface area contributed by atoms with E-state index >= 15 is 0 Å². The Balaban J connectivity index is 0.000000225. The molecular weight excluding hydrogens is 278 g/mol. The van der Waals surface area contributed by atoms with E-state index in [0.29, 0.717) is 0 Å². The molecule has 3 N–H and O–H groups in total. The minimum atomic E-state index is 0.786. The second kappa shape index (κ2) is 8.07. The van der Waals surface area contributed by atoms with Gasteiger partial charge in [-0.25, -0.2) is 0 Å². The van der Waals surface area contributed by atoms with Crippen LogP contribution in [-0.4, -0.2) is 4.98 Å². The predicted octanol–water partition coefficient (Wildman–Crippen LogP) is 4.33. The molecular formula is C17H19N3S. The molecule has 0 aliphatic carbocycles. The van der Waals surface area contributed by atoms with Crippen LogP contribution in [0.5, 0.6) is 0 Å². The molecule has 0 aliphatic heterocycles. The average molecular weight is 297 g/mol. The molecule has 3 nitrogen and oxygen atoms in total. The summed E-state index contributed by atoms with van der Waals surface area (Å²) in [4.78, 5) is 3.94. The maximum absolute atomic E-state index is 5.82. The third-order valence-corrected chi connectivity index (χ3v) is 3.55. The molecule has 0 aliphatic rings. The van der Waals surface area contributed by atoms with Crippen LogP contribution in [0.25, 0.3) is 0 Å². The lowest BCUT2D eigenvalue weighted by Gasteiger charge is -2.08. The minimum absolute atomic E-state index is 0.786. The SMILES string of the molecule is Cc1cscn1.Nc1ccccc1NCc1ccccc1. The first-order valence-electron chi connectivity index (χ1n) is 6.73. The number of hydrogen-bond acceptors (Lipinski definition) is 4. The predicted molar refractivity (Wildman–Crippen MR) is 91.5 cm³/mol. The third kappa shape index (κ3) is 5.28. The third-order valence-electron chi connectivity index (χ3n) is 2.84. The van der Waals surface area contributed by atoms with E-state index in [9.17, 15) is 0 Å². The second-order valence-corrected chi connectivity index (χ2v) is 5.27. The maximum atomic E-state index is 5.82. The van der Waals surface area contributed by atoms with Crippen molar-refractivity contribution in [2.45, 2.75) is 13.5 Å². The van der Waals surface area contributed by atoms with E-state index in [-0.39, 0.29) is 0 Å². The fourth-order valence-corrected chi connectivity index (χ4v) is 2.27. The Bertz CT molecular complexity index is 636. The Morgan fingerprint density at radius 1 is 1.05 bits per heavy atom. The van der Waals surface area contributed by atoms with Gasteiger partial charge in [0.2, 0.25) is 0 Å². The Hall–Kier alpha value is -2.33. The van der Waals surface area contributed by atoms with E-state index < -0.39 is 0 Å². The summed E-state index contributed by atoms with van der Waals surface area (Å²) in [6, 6.07) is 18.0. The average Bonchev–Trinajstić information content (AvgIpc) is 2.99. The van der Waals surface area contributed by atoms with Gasteiger partial charge in [-0.3, -0.25) is 4.98 Å². The number of aryl methyl sites for hydroxylation is 1. The molecule has 0 radical (unpaired) electrons. The van der Waals surface area contributed by atoms with Crippen molar-refractivity contribution < 1.29 is 0 Å². The highest BCUT2D eigenvalue weighted by Crippen LogP contribution is 2.17. The largest absolute Gasteiger partial charge is 0.397 e. The van der Waals surface area contributed by atoms with Crippen LogP contribution in [0, 0.1) is 6.92 Å². The summed E-state index contributed by atoms with van der Waals surface area (Å²) in [5.41, 5.74) is 11.8. The standard InChI is InChI=1S/C13H14N2.C4H5NS/c14-12-8-4-5-9-13(12)15-10-11-6-2-1-3-7-11;1-4-2-6-3-5-4/h1-9,15H,10,14H2;2-3H,1H3. The van der Waals surface area contributed by atoms with Gasteiger partial charge in [-0.05, 0) is 24.6 Å². The van der Waals surface area contributed by atoms with E-state index in [4.69, 9.17) is 5.73 Å². The van der Waals surface area contributed by atoms with Crippen LogP contribution in [0.3, 0.4) is 0 Å². The van der Waals surface area contributed by atoms with Crippen molar-refractivity contribution in [2.24, 2.45) is 0 Å². The Morgan fingerprint density at radius 3 is 2.33 bits per heavy atom. The van der Waals surface area contributed by atoms with Gasteiger partial charge in [0.1, 0.15) is 0 Å². The van der Waals surface area contributed by atoms with Crippen LogP contribution >= 0.6 is 11.3 Å². The molecule has 0 atom stereocenters. The number of nitrogen functional groups attached to an aromatic ring is 1. The van der Waals surface area contributed by atoms with E-state index in [0.717, 1.165) is 23.6 Å². The number of nitrogens with two attached hydrogens (primary N) is 1. The summed E-state index contributed by atoms with van der Waals surface area (Å²) in [5, 5.41) is 5.32. The molecule has 0 spiro atoms. The fraction of sp³-hybridized carbons (Fsp3) is 0.118.